The highest BCUT2D eigenvalue weighted by atomic mass is 15.2. The minimum atomic E-state index is 0.467. The van der Waals surface area contributed by atoms with Crippen LogP contribution in [0.1, 0.15) is 39.5 Å². The van der Waals surface area contributed by atoms with Crippen LogP contribution in [0.5, 0.6) is 0 Å². The zero-order valence-corrected chi connectivity index (χ0v) is 17.2. The van der Waals surface area contributed by atoms with Crippen molar-refractivity contribution in [3.63, 3.8) is 0 Å². The third-order valence-corrected chi connectivity index (χ3v) is 5.75. The third kappa shape index (κ3) is 6.13. The zero-order valence-electron chi connectivity index (χ0n) is 17.2. The number of hydrogen-bond donors (Lipinski definition) is 2. The van der Waals surface area contributed by atoms with Gasteiger partial charge in [0.05, 0.1) is 0 Å². The second-order valence-electron chi connectivity index (χ2n) is 7.92. The first-order chi connectivity index (χ1) is 13.3. The van der Waals surface area contributed by atoms with Crippen molar-refractivity contribution in [2.24, 2.45) is 10.9 Å². The predicted octanol–water partition coefficient (Wildman–Crippen LogP) is 2.94. The molecule has 0 radical (unpaired) electrons. The van der Waals surface area contributed by atoms with Gasteiger partial charge in [0.1, 0.15) is 0 Å². The monoisotopic (exact) mass is 371 g/mol. The Hall–Kier alpha value is -1.75. The Kier molecular flexibility index (Phi) is 7.81. The fourth-order valence-electron chi connectivity index (χ4n) is 4.19. The molecule has 0 bridgehead atoms. The number of guanidine groups is 1. The second-order valence-corrected chi connectivity index (χ2v) is 7.92. The summed E-state index contributed by atoms with van der Waals surface area (Å²) >= 11 is 0. The summed E-state index contributed by atoms with van der Waals surface area (Å²) in [5.41, 5.74) is 1.32. The number of anilines is 1. The second kappa shape index (κ2) is 10.5. The lowest BCUT2D eigenvalue weighted by Gasteiger charge is -2.31. The van der Waals surface area contributed by atoms with Crippen LogP contribution in [0.3, 0.4) is 0 Å². The Bertz CT molecular complexity index is 565. The first-order valence-corrected chi connectivity index (χ1v) is 10.9. The molecule has 5 nitrogen and oxygen atoms in total. The Morgan fingerprint density at radius 3 is 2.56 bits per heavy atom. The molecule has 2 N–H and O–H groups in total. The van der Waals surface area contributed by atoms with Gasteiger partial charge in [-0.05, 0) is 70.3 Å². The maximum Gasteiger partial charge on any atom is 0.191 e. The molecule has 0 amide bonds. The van der Waals surface area contributed by atoms with Crippen molar-refractivity contribution in [3.8, 4) is 0 Å². The molecular formula is C22H37N5. The highest BCUT2D eigenvalue weighted by Crippen LogP contribution is 2.20. The van der Waals surface area contributed by atoms with E-state index in [9.17, 15) is 0 Å². The summed E-state index contributed by atoms with van der Waals surface area (Å²) in [6, 6.07) is 11.2. The van der Waals surface area contributed by atoms with Crippen molar-refractivity contribution in [3.05, 3.63) is 30.3 Å². The summed E-state index contributed by atoms with van der Waals surface area (Å²) < 4.78 is 0. The number of para-hydroxylation sites is 1. The van der Waals surface area contributed by atoms with Gasteiger partial charge in [0.25, 0.3) is 0 Å². The molecule has 2 aliphatic heterocycles. The van der Waals surface area contributed by atoms with Crippen molar-refractivity contribution in [2.75, 3.05) is 50.7 Å². The molecule has 1 aromatic carbocycles. The molecule has 2 aliphatic rings. The normalized spacial score (nSPS) is 22.2. The van der Waals surface area contributed by atoms with Crippen molar-refractivity contribution in [1.29, 1.82) is 0 Å². The average molecular weight is 372 g/mol. The van der Waals surface area contributed by atoms with E-state index in [4.69, 9.17) is 4.99 Å². The lowest BCUT2D eigenvalue weighted by atomic mass is 9.97. The quantitative estimate of drug-likeness (QED) is 0.571. The third-order valence-electron chi connectivity index (χ3n) is 5.75. The van der Waals surface area contributed by atoms with E-state index in [1.165, 1.54) is 44.6 Å². The van der Waals surface area contributed by atoms with Crippen LogP contribution in [-0.4, -0.2) is 62.7 Å². The van der Waals surface area contributed by atoms with E-state index in [1.807, 2.05) is 0 Å². The van der Waals surface area contributed by atoms with E-state index < -0.39 is 0 Å². The van der Waals surface area contributed by atoms with Crippen LogP contribution in [0, 0.1) is 5.92 Å². The van der Waals surface area contributed by atoms with Crippen LogP contribution in [0.4, 0.5) is 5.69 Å². The summed E-state index contributed by atoms with van der Waals surface area (Å²) in [5, 5.41) is 7.11. The van der Waals surface area contributed by atoms with Gasteiger partial charge in [-0.3, -0.25) is 4.99 Å². The van der Waals surface area contributed by atoms with Gasteiger partial charge >= 0.3 is 0 Å². The van der Waals surface area contributed by atoms with Gasteiger partial charge < -0.3 is 20.4 Å². The zero-order chi connectivity index (χ0) is 18.9. The first-order valence-electron chi connectivity index (χ1n) is 10.9. The molecule has 0 aliphatic carbocycles. The average Bonchev–Trinajstić information content (AvgIpc) is 3.17. The highest BCUT2D eigenvalue weighted by Gasteiger charge is 2.24. The standard InChI is InChI=1S/C22H37N5/c1-3-13-26-14-10-19(11-15-26)17-24-22(23-4-2)25-20-12-16-27(18-20)21-8-6-5-7-9-21/h5-9,19-20H,3-4,10-18H2,1-2H3,(H2,23,24,25). The van der Waals surface area contributed by atoms with Crippen LogP contribution >= 0.6 is 0 Å². The van der Waals surface area contributed by atoms with Crippen LogP contribution in [0.15, 0.2) is 35.3 Å². The number of benzene rings is 1. The number of aliphatic imine (C=N–C) groups is 1. The van der Waals surface area contributed by atoms with Crippen LogP contribution < -0.4 is 15.5 Å². The summed E-state index contributed by atoms with van der Waals surface area (Å²) in [4.78, 5) is 9.99. The van der Waals surface area contributed by atoms with Gasteiger partial charge in [0.2, 0.25) is 0 Å². The molecule has 1 unspecified atom stereocenters. The molecule has 0 aromatic heterocycles. The molecule has 2 saturated heterocycles. The minimum Gasteiger partial charge on any atom is -0.369 e. The molecule has 3 rings (SSSR count). The lowest BCUT2D eigenvalue weighted by Crippen LogP contribution is -2.45. The maximum absolute atomic E-state index is 4.93. The topological polar surface area (TPSA) is 42.9 Å². The van der Waals surface area contributed by atoms with Crippen molar-refractivity contribution in [1.82, 2.24) is 15.5 Å². The van der Waals surface area contributed by atoms with Gasteiger partial charge in [0, 0.05) is 37.9 Å². The van der Waals surface area contributed by atoms with Crippen molar-refractivity contribution in [2.45, 2.75) is 45.6 Å². The molecule has 2 fully saturated rings. The summed E-state index contributed by atoms with van der Waals surface area (Å²) in [6.07, 6.45) is 5.00. The Morgan fingerprint density at radius 1 is 1.07 bits per heavy atom. The molecule has 0 saturated carbocycles. The molecule has 2 heterocycles. The molecule has 0 spiro atoms. The number of nitrogens with zero attached hydrogens (tertiary/aromatic N) is 3. The van der Waals surface area contributed by atoms with E-state index in [1.54, 1.807) is 0 Å². The Balaban J connectivity index is 1.47. The van der Waals surface area contributed by atoms with E-state index in [-0.39, 0.29) is 0 Å². The lowest BCUT2D eigenvalue weighted by molar-refractivity contribution is 0.188. The number of hydrogen-bond acceptors (Lipinski definition) is 3. The summed E-state index contributed by atoms with van der Waals surface area (Å²) in [5.74, 6) is 1.73. The fraction of sp³-hybridized carbons (Fsp3) is 0.682. The first kappa shape index (κ1) is 20.0. The number of piperidine rings is 1. The fourth-order valence-corrected chi connectivity index (χ4v) is 4.19. The number of nitrogens with one attached hydrogen (secondary N) is 2. The minimum absolute atomic E-state index is 0.467. The van der Waals surface area contributed by atoms with Crippen molar-refractivity contribution < 1.29 is 0 Å². The summed E-state index contributed by atoms with van der Waals surface area (Å²) in [7, 11) is 0. The van der Waals surface area contributed by atoms with E-state index in [0.717, 1.165) is 44.5 Å². The van der Waals surface area contributed by atoms with Crippen molar-refractivity contribution >= 4 is 11.6 Å². The Labute approximate surface area is 165 Å². The number of likely N-dealkylation sites (tertiary alicyclic amines) is 1. The van der Waals surface area contributed by atoms with Gasteiger partial charge in [-0.15, -0.1) is 0 Å². The molecule has 1 aromatic rings. The maximum atomic E-state index is 4.93. The van der Waals surface area contributed by atoms with Gasteiger partial charge in [-0.1, -0.05) is 25.1 Å². The van der Waals surface area contributed by atoms with Crippen LogP contribution in [-0.2, 0) is 0 Å². The number of rotatable bonds is 7. The van der Waals surface area contributed by atoms with E-state index in [0.29, 0.717) is 6.04 Å². The van der Waals surface area contributed by atoms with Crippen LogP contribution in [0.25, 0.3) is 0 Å². The van der Waals surface area contributed by atoms with Gasteiger partial charge in [-0.25, -0.2) is 0 Å². The molecule has 1 atom stereocenters. The predicted molar refractivity (Wildman–Crippen MR) is 116 cm³/mol. The molecular weight excluding hydrogens is 334 g/mol. The van der Waals surface area contributed by atoms with Gasteiger partial charge in [0.15, 0.2) is 5.96 Å². The highest BCUT2D eigenvalue weighted by molar-refractivity contribution is 5.80. The van der Waals surface area contributed by atoms with Crippen LogP contribution in [0.2, 0.25) is 0 Å². The van der Waals surface area contributed by atoms with Gasteiger partial charge in [-0.2, -0.15) is 0 Å². The Morgan fingerprint density at radius 2 is 1.85 bits per heavy atom. The van der Waals surface area contributed by atoms with E-state index in [2.05, 4.69) is 64.6 Å². The van der Waals surface area contributed by atoms with E-state index >= 15 is 0 Å². The smallest absolute Gasteiger partial charge is 0.191 e. The molecule has 27 heavy (non-hydrogen) atoms. The molecule has 150 valence electrons. The summed E-state index contributed by atoms with van der Waals surface area (Å²) in [6.45, 7) is 12.2. The molecule has 5 heteroatoms. The largest absolute Gasteiger partial charge is 0.369 e. The SMILES string of the molecule is CCCN1CCC(CN=C(NCC)NC2CCN(c3ccccc3)C2)CC1.